The van der Waals surface area contributed by atoms with Crippen LogP contribution in [0, 0.1) is 0 Å². The van der Waals surface area contributed by atoms with Crippen molar-refractivity contribution in [2.24, 2.45) is 0 Å². The van der Waals surface area contributed by atoms with Crippen molar-refractivity contribution in [1.29, 1.82) is 0 Å². The molecule has 1 rings (SSSR count). The topological polar surface area (TPSA) is 50.2 Å². The third kappa shape index (κ3) is 1.71. The fraction of sp³-hybridized carbons (Fsp3) is 0. The first-order valence-corrected chi connectivity index (χ1v) is 3.13. The van der Waals surface area contributed by atoms with Crippen molar-refractivity contribution in [3.8, 4) is 0 Å². The second-order valence-electron chi connectivity index (χ2n) is 1.91. The average Bonchev–Trinajstić information content (AvgIpc) is 1.94. The molecular weight excluding hydrogens is 164 g/mol. The van der Waals surface area contributed by atoms with Crippen LogP contribution in [0.5, 0.6) is 0 Å². The highest BCUT2D eigenvalue weighted by Gasteiger charge is 2.08. The van der Waals surface area contributed by atoms with Gasteiger partial charge >= 0.3 is 5.97 Å². The summed E-state index contributed by atoms with van der Waals surface area (Å²) < 4.78 is 0. The van der Waals surface area contributed by atoms with Gasteiger partial charge in [-0.25, -0.2) is 9.78 Å². The van der Waals surface area contributed by atoms with Crippen molar-refractivity contribution >= 4 is 30.9 Å². The normalized spacial score (nSPS) is 9.55. The molecule has 54 valence electrons. The molecule has 0 fully saturated rings. The maximum atomic E-state index is 10.4. The van der Waals surface area contributed by atoms with Gasteiger partial charge in [0, 0.05) is 6.20 Å². The monoisotopic (exact) mass is 167 g/mol. The highest BCUT2D eigenvalue weighted by atomic mass is 35.5. The molecule has 1 heterocycles. The van der Waals surface area contributed by atoms with E-state index in [9.17, 15) is 4.79 Å². The number of aromatic nitrogens is 1. The summed E-state index contributed by atoms with van der Waals surface area (Å²) in [6, 6.07) is 1.26. The number of halogens is 1. The molecule has 0 aliphatic heterocycles. The second kappa shape index (κ2) is 2.92. The number of nitrogens with zero attached hydrogens (tertiary/aromatic N) is 1. The Balaban J connectivity index is 3.23. The molecule has 3 nitrogen and oxygen atoms in total. The SMILES string of the molecule is [B]c1cnc(Cl)c(C(=O)O)c1. The maximum Gasteiger partial charge on any atom is 0.338 e. The van der Waals surface area contributed by atoms with E-state index in [1.165, 1.54) is 12.3 Å². The molecule has 2 radical (unpaired) electrons. The standard InChI is InChI=1S/C6H3BClNO2/c7-3-1-4(6(10)11)5(8)9-2-3/h1-2H,(H,10,11). The Bertz CT molecular complexity index is 303. The molecule has 0 saturated carbocycles. The lowest BCUT2D eigenvalue weighted by Gasteiger charge is -1.97. The van der Waals surface area contributed by atoms with E-state index in [1.807, 2.05) is 0 Å². The summed E-state index contributed by atoms with van der Waals surface area (Å²) in [4.78, 5) is 14.0. The minimum atomic E-state index is -1.13. The van der Waals surface area contributed by atoms with Gasteiger partial charge in [0.15, 0.2) is 0 Å². The van der Waals surface area contributed by atoms with Gasteiger partial charge in [0.05, 0.1) is 5.56 Å². The fourth-order valence-corrected chi connectivity index (χ4v) is 0.798. The zero-order valence-electron chi connectivity index (χ0n) is 5.41. The van der Waals surface area contributed by atoms with Crippen molar-refractivity contribution in [3.63, 3.8) is 0 Å². The van der Waals surface area contributed by atoms with Gasteiger partial charge in [-0.15, -0.1) is 0 Å². The minimum Gasteiger partial charge on any atom is -0.478 e. The van der Waals surface area contributed by atoms with E-state index in [-0.39, 0.29) is 16.2 Å². The predicted octanol–water partition coefficient (Wildman–Crippen LogP) is 0.227. The van der Waals surface area contributed by atoms with Crippen molar-refractivity contribution < 1.29 is 9.90 Å². The molecule has 0 aromatic carbocycles. The zero-order valence-corrected chi connectivity index (χ0v) is 6.17. The summed E-state index contributed by atoms with van der Waals surface area (Å²) in [5, 5.41) is 8.46. The van der Waals surface area contributed by atoms with Crippen LogP contribution >= 0.6 is 11.6 Å². The molecule has 1 aromatic heterocycles. The summed E-state index contributed by atoms with van der Waals surface area (Å²) in [6.07, 6.45) is 1.30. The van der Waals surface area contributed by atoms with Gasteiger partial charge in [-0.2, -0.15) is 0 Å². The second-order valence-corrected chi connectivity index (χ2v) is 2.27. The Morgan fingerprint density at radius 2 is 2.36 bits per heavy atom. The summed E-state index contributed by atoms with van der Waals surface area (Å²) >= 11 is 5.44. The summed E-state index contributed by atoms with van der Waals surface area (Å²) in [5.74, 6) is -1.13. The predicted molar refractivity (Wildman–Crippen MR) is 41.6 cm³/mol. The van der Waals surface area contributed by atoms with Gasteiger partial charge in [-0.1, -0.05) is 23.1 Å². The van der Waals surface area contributed by atoms with Gasteiger partial charge in [-0.3, -0.25) is 0 Å². The number of carbonyl (C=O) groups is 1. The molecule has 1 aromatic rings. The first-order valence-electron chi connectivity index (χ1n) is 2.75. The number of rotatable bonds is 1. The van der Waals surface area contributed by atoms with Crippen molar-refractivity contribution in [2.75, 3.05) is 0 Å². The van der Waals surface area contributed by atoms with Gasteiger partial charge in [-0.05, 0) is 0 Å². The Kier molecular flexibility index (Phi) is 2.15. The van der Waals surface area contributed by atoms with E-state index in [4.69, 9.17) is 24.6 Å². The quantitative estimate of drug-likeness (QED) is 0.481. The summed E-state index contributed by atoms with van der Waals surface area (Å²) in [7, 11) is 5.28. The van der Waals surface area contributed by atoms with Crippen molar-refractivity contribution in [2.45, 2.75) is 0 Å². The van der Waals surface area contributed by atoms with Crippen LogP contribution < -0.4 is 5.46 Å². The van der Waals surface area contributed by atoms with Crippen LogP contribution in [0.25, 0.3) is 0 Å². The molecule has 0 amide bonds. The van der Waals surface area contributed by atoms with Crippen LogP contribution in [0.15, 0.2) is 12.3 Å². The van der Waals surface area contributed by atoms with E-state index in [2.05, 4.69) is 4.98 Å². The number of carboxylic acids is 1. The highest BCUT2D eigenvalue weighted by Crippen LogP contribution is 2.09. The summed E-state index contributed by atoms with van der Waals surface area (Å²) in [6.45, 7) is 0. The molecule has 5 heteroatoms. The molecular formula is C6H3BClNO2. The third-order valence-electron chi connectivity index (χ3n) is 1.09. The highest BCUT2D eigenvalue weighted by molar-refractivity contribution is 6.35. The Hall–Kier alpha value is -1.03. The molecule has 0 unspecified atom stereocenters. The first-order chi connectivity index (χ1) is 5.11. The molecule has 0 aliphatic carbocycles. The van der Waals surface area contributed by atoms with E-state index < -0.39 is 5.97 Å². The Labute approximate surface area is 69.4 Å². The van der Waals surface area contributed by atoms with E-state index in [1.54, 1.807) is 0 Å². The van der Waals surface area contributed by atoms with Gasteiger partial charge < -0.3 is 5.11 Å². The van der Waals surface area contributed by atoms with Crippen LogP contribution in [-0.4, -0.2) is 23.9 Å². The maximum absolute atomic E-state index is 10.4. The Morgan fingerprint density at radius 3 is 2.82 bits per heavy atom. The fourth-order valence-electron chi connectivity index (χ4n) is 0.614. The molecule has 0 bridgehead atoms. The molecule has 0 spiro atoms. The number of pyridine rings is 1. The largest absolute Gasteiger partial charge is 0.478 e. The zero-order chi connectivity index (χ0) is 8.43. The van der Waals surface area contributed by atoms with Gasteiger partial charge in [0.2, 0.25) is 0 Å². The summed E-state index contributed by atoms with van der Waals surface area (Å²) in [5.41, 5.74) is 0.207. The van der Waals surface area contributed by atoms with E-state index >= 15 is 0 Å². The third-order valence-corrected chi connectivity index (χ3v) is 1.39. The molecule has 0 aliphatic rings. The van der Waals surface area contributed by atoms with Crippen LogP contribution in [0.1, 0.15) is 10.4 Å². The lowest BCUT2D eigenvalue weighted by atomic mass is 9.97. The van der Waals surface area contributed by atoms with E-state index in [0.717, 1.165) is 0 Å². The minimum absolute atomic E-state index is 0.0494. The molecule has 0 saturated heterocycles. The van der Waals surface area contributed by atoms with Crippen LogP contribution in [0.2, 0.25) is 5.15 Å². The molecule has 11 heavy (non-hydrogen) atoms. The average molecular weight is 167 g/mol. The number of hydrogen-bond donors (Lipinski definition) is 1. The molecule has 0 atom stereocenters. The lowest BCUT2D eigenvalue weighted by Crippen LogP contribution is -2.09. The lowest BCUT2D eigenvalue weighted by molar-refractivity contribution is 0.0697. The van der Waals surface area contributed by atoms with Crippen molar-refractivity contribution in [1.82, 2.24) is 4.98 Å². The smallest absolute Gasteiger partial charge is 0.338 e. The Morgan fingerprint density at radius 1 is 1.73 bits per heavy atom. The number of aromatic carboxylic acids is 1. The van der Waals surface area contributed by atoms with Gasteiger partial charge in [0.1, 0.15) is 13.0 Å². The first kappa shape index (κ1) is 8.08. The van der Waals surface area contributed by atoms with Crippen LogP contribution in [0.4, 0.5) is 0 Å². The van der Waals surface area contributed by atoms with Crippen LogP contribution in [0.3, 0.4) is 0 Å². The number of hydrogen-bond acceptors (Lipinski definition) is 2. The number of carboxylic acid groups (broad SMARTS) is 1. The van der Waals surface area contributed by atoms with Crippen molar-refractivity contribution in [3.05, 3.63) is 23.0 Å². The van der Waals surface area contributed by atoms with Crippen LogP contribution in [-0.2, 0) is 0 Å². The van der Waals surface area contributed by atoms with Gasteiger partial charge in [0.25, 0.3) is 0 Å². The molecule has 1 N–H and O–H groups in total. The van der Waals surface area contributed by atoms with E-state index in [0.29, 0.717) is 0 Å².